The van der Waals surface area contributed by atoms with Crippen LogP contribution in [0, 0.1) is 11.7 Å². The van der Waals surface area contributed by atoms with Gasteiger partial charge in [-0.15, -0.1) is 0 Å². The molecule has 1 amide bonds. The number of benzene rings is 3. The summed E-state index contributed by atoms with van der Waals surface area (Å²) in [6, 6.07) is 13.5. The Morgan fingerprint density at radius 3 is 2.03 bits per heavy atom. The predicted molar refractivity (Wildman–Crippen MR) is 126 cm³/mol. The topological polar surface area (TPSA) is 86.7 Å². The van der Waals surface area contributed by atoms with Gasteiger partial charge in [-0.3, -0.25) is 4.79 Å². The number of phenolic OH excluding ortho intramolecular Hbond substituents is 1. The minimum absolute atomic E-state index is 0.0487. The van der Waals surface area contributed by atoms with Gasteiger partial charge >= 0.3 is 0 Å². The summed E-state index contributed by atoms with van der Waals surface area (Å²) in [6.45, 7) is 0.0584. The third-order valence-electron chi connectivity index (χ3n) is 5.93. The Balaban J connectivity index is 1.71. The number of ether oxygens (including phenoxy) is 5. The van der Waals surface area contributed by atoms with Gasteiger partial charge in [-0.05, 0) is 42.0 Å². The summed E-state index contributed by atoms with van der Waals surface area (Å²) in [4.78, 5) is 15.0. The Morgan fingerprint density at radius 2 is 1.49 bits per heavy atom. The van der Waals surface area contributed by atoms with Crippen LogP contribution >= 0.6 is 0 Å². The van der Waals surface area contributed by atoms with Gasteiger partial charge in [-0.25, -0.2) is 4.39 Å². The second kappa shape index (κ2) is 10.0. The van der Waals surface area contributed by atoms with E-state index in [-0.39, 0.29) is 24.1 Å². The first-order chi connectivity index (χ1) is 16.9. The van der Waals surface area contributed by atoms with E-state index in [1.54, 1.807) is 35.2 Å². The number of anilines is 1. The SMILES string of the molecule is COc1ccc([C@H]2[C@H](COc3ccc(F)cc3)C(=O)N2c2cc(OC)c(OC)c(OC)c2)cc1O. The van der Waals surface area contributed by atoms with Gasteiger partial charge in [0.05, 0.1) is 46.1 Å². The Morgan fingerprint density at radius 1 is 0.857 bits per heavy atom. The van der Waals surface area contributed by atoms with Crippen LogP contribution < -0.4 is 28.6 Å². The number of β-lactam (4-membered cyclic amide) rings is 1. The first kappa shape index (κ1) is 24.0. The molecule has 2 atom stereocenters. The van der Waals surface area contributed by atoms with Crippen molar-refractivity contribution in [1.29, 1.82) is 0 Å². The van der Waals surface area contributed by atoms with Gasteiger partial charge in [0.25, 0.3) is 0 Å². The van der Waals surface area contributed by atoms with Crippen molar-refractivity contribution in [2.75, 3.05) is 39.9 Å². The molecule has 0 saturated carbocycles. The van der Waals surface area contributed by atoms with Gasteiger partial charge in [0.2, 0.25) is 11.7 Å². The van der Waals surface area contributed by atoms with Crippen molar-refractivity contribution in [3.05, 3.63) is 66.0 Å². The van der Waals surface area contributed by atoms with E-state index in [2.05, 4.69) is 0 Å². The molecule has 184 valence electrons. The first-order valence-corrected chi connectivity index (χ1v) is 10.8. The molecule has 4 rings (SSSR count). The van der Waals surface area contributed by atoms with E-state index >= 15 is 0 Å². The summed E-state index contributed by atoms with van der Waals surface area (Å²) in [5, 5.41) is 10.4. The molecule has 1 N–H and O–H groups in total. The van der Waals surface area contributed by atoms with Crippen LogP contribution in [0.15, 0.2) is 54.6 Å². The van der Waals surface area contributed by atoms with Crippen LogP contribution in [0.2, 0.25) is 0 Å². The van der Waals surface area contributed by atoms with Crippen molar-refractivity contribution in [2.24, 2.45) is 5.92 Å². The zero-order valence-electron chi connectivity index (χ0n) is 19.8. The molecule has 1 heterocycles. The van der Waals surface area contributed by atoms with Crippen LogP contribution in [-0.2, 0) is 4.79 Å². The third-order valence-corrected chi connectivity index (χ3v) is 5.93. The molecule has 0 bridgehead atoms. The fraction of sp³-hybridized carbons (Fsp3) is 0.269. The molecule has 0 radical (unpaired) electrons. The number of halogens is 1. The highest BCUT2D eigenvalue weighted by atomic mass is 19.1. The molecular weight excluding hydrogens is 457 g/mol. The molecule has 0 aliphatic carbocycles. The Hall–Kier alpha value is -4.14. The van der Waals surface area contributed by atoms with Crippen LogP contribution in [0.3, 0.4) is 0 Å². The number of phenols is 1. The normalized spacial score (nSPS) is 16.9. The Bertz CT molecular complexity index is 1190. The Labute approximate surface area is 202 Å². The molecule has 1 fully saturated rings. The molecular formula is C26H26FNO7. The molecule has 3 aromatic carbocycles. The average molecular weight is 483 g/mol. The van der Waals surface area contributed by atoms with E-state index in [1.165, 1.54) is 52.7 Å². The molecule has 0 aromatic heterocycles. The van der Waals surface area contributed by atoms with E-state index in [9.17, 15) is 14.3 Å². The first-order valence-electron chi connectivity index (χ1n) is 10.8. The average Bonchev–Trinajstić information content (AvgIpc) is 2.87. The number of carbonyl (C=O) groups excluding carboxylic acids is 1. The van der Waals surface area contributed by atoms with Crippen LogP contribution in [0.4, 0.5) is 10.1 Å². The summed E-state index contributed by atoms with van der Waals surface area (Å²) < 4.78 is 40.5. The molecule has 1 aliphatic rings. The molecule has 35 heavy (non-hydrogen) atoms. The van der Waals surface area contributed by atoms with E-state index in [1.807, 2.05) is 0 Å². The van der Waals surface area contributed by atoms with Crippen molar-refractivity contribution in [3.63, 3.8) is 0 Å². The maximum absolute atomic E-state index is 13.4. The fourth-order valence-corrected chi connectivity index (χ4v) is 4.19. The number of carbonyl (C=O) groups is 1. The molecule has 0 spiro atoms. The van der Waals surface area contributed by atoms with Crippen molar-refractivity contribution >= 4 is 11.6 Å². The quantitative estimate of drug-likeness (QED) is 0.453. The number of amides is 1. The lowest BCUT2D eigenvalue weighted by atomic mass is 9.82. The maximum Gasteiger partial charge on any atom is 0.236 e. The van der Waals surface area contributed by atoms with Crippen molar-refractivity contribution < 1.29 is 38.0 Å². The Kier molecular flexibility index (Phi) is 6.86. The van der Waals surface area contributed by atoms with Gasteiger partial charge in [0.1, 0.15) is 18.2 Å². The van der Waals surface area contributed by atoms with E-state index in [4.69, 9.17) is 23.7 Å². The molecule has 9 heteroatoms. The predicted octanol–water partition coefficient (Wildman–Crippen LogP) is 4.35. The molecule has 1 saturated heterocycles. The van der Waals surface area contributed by atoms with E-state index in [0.717, 1.165) is 0 Å². The summed E-state index contributed by atoms with van der Waals surface area (Å²) >= 11 is 0. The number of hydrogen-bond donors (Lipinski definition) is 1. The number of methoxy groups -OCH3 is 4. The van der Waals surface area contributed by atoms with Gasteiger partial charge < -0.3 is 33.7 Å². The summed E-state index contributed by atoms with van der Waals surface area (Å²) in [6.07, 6.45) is 0. The number of hydrogen-bond acceptors (Lipinski definition) is 7. The zero-order chi connectivity index (χ0) is 25.1. The van der Waals surface area contributed by atoms with E-state index in [0.29, 0.717) is 40.0 Å². The van der Waals surface area contributed by atoms with Gasteiger partial charge in [0.15, 0.2) is 23.0 Å². The monoisotopic (exact) mass is 483 g/mol. The largest absolute Gasteiger partial charge is 0.504 e. The zero-order valence-corrected chi connectivity index (χ0v) is 19.8. The second-order valence-corrected chi connectivity index (χ2v) is 7.84. The van der Waals surface area contributed by atoms with Crippen molar-refractivity contribution in [1.82, 2.24) is 0 Å². The highest BCUT2D eigenvalue weighted by Gasteiger charge is 2.50. The van der Waals surface area contributed by atoms with Crippen molar-refractivity contribution in [2.45, 2.75) is 6.04 Å². The van der Waals surface area contributed by atoms with Crippen LogP contribution in [0.1, 0.15) is 11.6 Å². The number of nitrogens with zero attached hydrogens (tertiary/aromatic N) is 1. The third kappa shape index (κ3) is 4.49. The molecule has 3 aromatic rings. The van der Waals surface area contributed by atoms with Crippen LogP contribution in [0.5, 0.6) is 34.5 Å². The fourth-order valence-electron chi connectivity index (χ4n) is 4.19. The highest BCUT2D eigenvalue weighted by Crippen LogP contribution is 2.49. The number of aromatic hydroxyl groups is 1. The lowest BCUT2D eigenvalue weighted by Gasteiger charge is -2.47. The number of rotatable bonds is 9. The van der Waals surface area contributed by atoms with Gasteiger partial charge in [0, 0.05) is 12.1 Å². The van der Waals surface area contributed by atoms with E-state index < -0.39 is 12.0 Å². The summed E-state index contributed by atoms with van der Waals surface area (Å²) in [7, 11) is 5.96. The lowest BCUT2D eigenvalue weighted by Crippen LogP contribution is -2.57. The smallest absolute Gasteiger partial charge is 0.236 e. The molecule has 0 unspecified atom stereocenters. The highest BCUT2D eigenvalue weighted by molar-refractivity contribution is 6.04. The van der Waals surface area contributed by atoms with Gasteiger partial charge in [-0.1, -0.05) is 6.07 Å². The maximum atomic E-state index is 13.4. The molecule has 1 aliphatic heterocycles. The van der Waals surface area contributed by atoms with Crippen LogP contribution in [0.25, 0.3) is 0 Å². The van der Waals surface area contributed by atoms with Crippen LogP contribution in [-0.4, -0.2) is 46.1 Å². The van der Waals surface area contributed by atoms with Gasteiger partial charge in [-0.2, -0.15) is 0 Å². The van der Waals surface area contributed by atoms with Crippen molar-refractivity contribution in [3.8, 4) is 34.5 Å². The minimum atomic E-state index is -0.563. The lowest BCUT2D eigenvalue weighted by molar-refractivity contribution is -0.131. The standard InChI is InChI=1S/C26H26FNO7/c1-31-21-10-5-15(11-20(21)29)24-19(14-35-18-8-6-16(27)7-9-18)26(30)28(24)17-12-22(32-2)25(34-4)23(13-17)33-3/h5-13,19,24,29H,14H2,1-4H3/t19-,24-/m0/s1. The summed E-state index contributed by atoms with van der Waals surface area (Å²) in [5.74, 6) is 0.786. The molecule has 8 nitrogen and oxygen atoms in total. The summed E-state index contributed by atoms with van der Waals surface area (Å²) in [5.41, 5.74) is 1.21. The second-order valence-electron chi connectivity index (χ2n) is 7.84. The minimum Gasteiger partial charge on any atom is -0.504 e.